The van der Waals surface area contributed by atoms with Crippen molar-refractivity contribution < 1.29 is 29.0 Å². The van der Waals surface area contributed by atoms with E-state index >= 15 is 0 Å². The Kier molecular flexibility index (Phi) is 6.64. The molecule has 0 aliphatic carbocycles. The highest BCUT2D eigenvalue weighted by atomic mass is 35.5. The van der Waals surface area contributed by atoms with Crippen LogP contribution in [0.25, 0.3) is 5.76 Å². The van der Waals surface area contributed by atoms with Gasteiger partial charge in [-0.05, 0) is 55.3 Å². The van der Waals surface area contributed by atoms with Gasteiger partial charge in [0.1, 0.15) is 16.4 Å². The first-order valence-electron chi connectivity index (χ1n) is 10.4. The van der Waals surface area contributed by atoms with Crippen molar-refractivity contribution in [1.82, 2.24) is 4.98 Å². The lowest BCUT2D eigenvalue weighted by Crippen LogP contribution is -2.29. The normalized spacial score (nSPS) is 17.1. The van der Waals surface area contributed by atoms with Crippen LogP contribution in [0.3, 0.4) is 0 Å². The number of hydrogen-bond donors (Lipinski definition) is 1. The van der Waals surface area contributed by atoms with Gasteiger partial charge in [0, 0.05) is 10.6 Å². The number of rotatable bonds is 5. The van der Waals surface area contributed by atoms with Crippen molar-refractivity contribution in [3.8, 4) is 5.75 Å². The first-order valence-corrected chi connectivity index (χ1v) is 11.6. The molecule has 1 aliphatic rings. The number of Topliss-reactive ketones (excluding diaryl/α,β-unsaturated/α-hetero) is 1. The van der Waals surface area contributed by atoms with E-state index in [0.29, 0.717) is 27.6 Å². The summed E-state index contributed by atoms with van der Waals surface area (Å²) in [7, 11) is 2.78. The number of aryl methyl sites for hydroxylation is 2. The summed E-state index contributed by atoms with van der Waals surface area (Å²) >= 11 is 7.15. The van der Waals surface area contributed by atoms with E-state index in [2.05, 4.69) is 4.98 Å². The van der Waals surface area contributed by atoms with Crippen LogP contribution in [0.2, 0.25) is 5.02 Å². The van der Waals surface area contributed by atoms with Crippen LogP contribution >= 0.6 is 22.9 Å². The fraction of sp³-hybridized carbons (Fsp3) is 0.200. The summed E-state index contributed by atoms with van der Waals surface area (Å²) in [5, 5.41) is 11.8. The molecule has 2 aromatic carbocycles. The number of anilines is 1. The molecular weight excluding hydrogens is 492 g/mol. The van der Waals surface area contributed by atoms with Crippen LogP contribution in [0, 0.1) is 13.8 Å². The Bertz CT molecular complexity index is 1400. The average molecular weight is 513 g/mol. The second-order valence-electron chi connectivity index (χ2n) is 7.81. The number of aliphatic hydroxyl groups excluding tert-OH is 1. The van der Waals surface area contributed by atoms with E-state index in [1.807, 2.05) is 0 Å². The van der Waals surface area contributed by atoms with E-state index < -0.39 is 23.7 Å². The number of benzene rings is 2. The summed E-state index contributed by atoms with van der Waals surface area (Å²) in [6, 6.07) is 10.6. The summed E-state index contributed by atoms with van der Waals surface area (Å²) < 4.78 is 10.1. The predicted octanol–water partition coefficient (Wildman–Crippen LogP) is 4.83. The fourth-order valence-electron chi connectivity index (χ4n) is 3.97. The van der Waals surface area contributed by atoms with Crippen molar-refractivity contribution in [2.24, 2.45) is 0 Å². The van der Waals surface area contributed by atoms with Crippen LogP contribution in [-0.4, -0.2) is 42.0 Å². The number of esters is 1. The number of amides is 1. The lowest BCUT2D eigenvalue weighted by Gasteiger charge is -2.23. The molecule has 8 nitrogen and oxygen atoms in total. The summed E-state index contributed by atoms with van der Waals surface area (Å²) in [6.07, 6.45) is 0. The van der Waals surface area contributed by atoms with Gasteiger partial charge in [0.05, 0.1) is 31.5 Å². The Balaban J connectivity index is 1.94. The number of carbonyl (C=O) groups excluding carboxylic acids is 3. The average Bonchev–Trinajstić information content (AvgIpc) is 3.34. The Morgan fingerprint density at radius 2 is 1.89 bits per heavy atom. The Hall–Kier alpha value is -3.69. The summed E-state index contributed by atoms with van der Waals surface area (Å²) in [4.78, 5) is 44.5. The molecule has 1 aliphatic heterocycles. The second kappa shape index (κ2) is 9.52. The topological polar surface area (TPSA) is 106 Å². The van der Waals surface area contributed by atoms with Gasteiger partial charge in [-0.2, -0.15) is 0 Å². The number of thiazole rings is 1. The summed E-state index contributed by atoms with van der Waals surface area (Å²) in [5.41, 5.74) is 1.82. The number of carbonyl (C=O) groups is 3. The van der Waals surface area contributed by atoms with E-state index in [0.717, 1.165) is 16.9 Å². The molecule has 1 N–H and O–H groups in total. The van der Waals surface area contributed by atoms with Crippen molar-refractivity contribution in [3.63, 3.8) is 0 Å². The van der Waals surface area contributed by atoms with Crippen molar-refractivity contribution in [1.29, 1.82) is 0 Å². The van der Waals surface area contributed by atoms with Gasteiger partial charge in [-0.1, -0.05) is 35.1 Å². The molecule has 180 valence electrons. The molecule has 2 heterocycles. The van der Waals surface area contributed by atoms with Crippen LogP contribution in [0.15, 0.2) is 48.0 Å². The molecule has 0 spiro atoms. The number of aliphatic hydroxyl groups is 1. The quantitative estimate of drug-likeness (QED) is 0.226. The highest BCUT2D eigenvalue weighted by Gasteiger charge is 2.48. The van der Waals surface area contributed by atoms with E-state index in [9.17, 15) is 19.5 Å². The third-order valence-electron chi connectivity index (χ3n) is 5.64. The van der Waals surface area contributed by atoms with Crippen molar-refractivity contribution >= 4 is 51.5 Å². The van der Waals surface area contributed by atoms with Crippen molar-refractivity contribution in [2.45, 2.75) is 19.9 Å². The fourth-order valence-corrected chi connectivity index (χ4v) is 5.18. The highest BCUT2D eigenvalue weighted by Crippen LogP contribution is 2.44. The number of ether oxygens (including phenoxy) is 2. The van der Waals surface area contributed by atoms with E-state index in [-0.39, 0.29) is 21.3 Å². The Morgan fingerprint density at radius 3 is 2.51 bits per heavy atom. The standard InChI is InChI=1S/C25H21ClN2O6S/c1-12-10-15(8-9-17(12)33-3)20(29)18-19(14-6-5-7-16(26)11-14)28(23(31)21(18)30)25-27-13(2)22(35-25)24(32)34-4/h5-11,19,29H,1-4H3/t19-/m0/s1. The first-order chi connectivity index (χ1) is 16.7. The largest absolute Gasteiger partial charge is 0.507 e. The zero-order valence-electron chi connectivity index (χ0n) is 19.3. The number of hydrogen-bond acceptors (Lipinski definition) is 8. The minimum atomic E-state index is -1.02. The molecule has 0 saturated carbocycles. The molecule has 0 radical (unpaired) electrons. The number of aromatic nitrogens is 1. The van der Waals surface area contributed by atoms with Gasteiger partial charge in [0.15, 0.2) is 5.13 Å². The molecule has 4 rings (SSSR count). The monoisotopic (exact) mass is 512 g/mol. The molecule has 0 bridgehead atoms. The van der Waals surface area contributed by atoms with Gasteiger partial charge in [-0.15, -0.1) is 0 Å². The molecule has 1 saturated heterocycles. The molecule has 1 aromatic heterocycles. The summed E-state index contributed by atoms with van der Waals surface area (Å²) in [5.74, 6) is -2.10. The summed E-state index contributed by atoms with van der Waals surface area (Å²) in [6.45, 7) is 3.41. The van der Waals surface area contributed by atoms with Crippen LogP contribution in [0.5, 0.6) is 5.75 Å². The maximum atomic E-state index is 13.3. The highest BCUT2D eigenvalue weighted by molar-refractivity contribution is 7.17. The van der Waals surface area contributed by atoms with Gasteiger partial charge in [0.2, 0.25) is 0 Å². The molecule has 1 atom stereocenters. The van der Waals surface area contributed by atoms with E-state index in [1.54, 1.807) is 56.3 Å². The number of methoxy groups -OCH3 is 2. The van der Waals surface area contributed by atoms with E-state index in [1.165, 1.54) is 19.1 Å². The zero-order chi connectivity index (χ0) is 25.4. The lowest BCUT2D eigenvalue weighted by atomic mass is 9.95. The zero-order valence-corrected chi connectivity index (χ0v) is 20.9. The maximum absolute atomic E-state index is 13.3. The first kappa shape index (κ1) is 24.4. The molecule has 1 amide bonds. The molecule has 3 aromatic rings. The number of ketones is 1. The van der Waals surface area contributed by atoms with Crippen LogP contribution in [-0.2, 0) is 14.3 Å². The third-order valence-corrected chi connectivity index (χ3v) is 7.01. The molecule has 10 heteroatoms. The SMILES string of the molecule is COC(=O)c1sc(N2C(=O)C(=O)C(=C(O)c3ccc(OC)c(C)c3)[C@@H]2c2cccc(Cl)c2)nc1C. The van der Waals surface area contributed by atoms with E-state index in [4.69, 9.17) is 21.1 Å². The molecule has 1 fully saturated rings. The predicted molar refractivity (Wildman–Crippen MR) is 132 cm³/mol. The Morgan fingerprint density at radius 1 is 1.14 bits per heavy atom. The van der Waals surface area contributed by atoms with Crippen molar-refractivity contribution in [2.75, 3.05) is 19.1 Å². The molecule has 0 unspecified atom stereocenters. The molecular formula is C25H21ClN2O6S. The van der Waals surface area contributed by atoms with Gasteiger partial charge in [-0.3, -0.25) is 14.5 Å². The smallest absolute Gasteiger partial charge is 0.350 e. The van der Waals surface area contributed by atoms with Gasteiger partial charge >= 0.3 is 11.9 Å². The van der Waals surface area contributed by atoms with Crippen LogP contribution in [0.4, 0.5) is 5.13 Å². The minimum Gasteiger partial charge on any atom is -0.507 e. The minimum absolute atomic E-state index is 0.116. The Labute approximate surface area is 210 Å². The third kappa shape index (κ3) is 4.28. The lowest BCUT2D eigenvalue weighted by molar-refractivity contribution is -0.132. The van der Waals surface area contributed by atoms with Gasteiger partial charge < -0.3 is 14.6 Å². The molecule has 35 heavy (non-hydrogen) atoms. The number of halogens is 1. The van der Waals surface area contributed by atoms with Gasteiger partial charge in [0.25, 0.3) is 5.78 Å². The van der Waals surface area contributed by atoms with Crippen molar-refractivity contribution in [3.05, 3.63) is 80.3 Å². The van der Waals surface area contributed by atoms with Crippen LogP contribution in [0.1, 0.15) is 38.1 Å². The van der Waals surface area contributed by atoms with Crippen LogP contribution < -0.4 is 9.64 Å². The van der Waals surface area contributed by atoms with Gasteiger partial charge in [-0.25, -0.2) is 9.78 Å². The second-order valence-corrected chi connectivity index (χ2v) is 9.23. The number of nitrogens with zero attached hydrogens (tertiary/aromatic N) is 2. The maximum Gasteiger partial charge on any atom is 0.350 e.